The first kappa shape index (κ1) is 14.2. The van der Waals surface area contributed by atoms with Gasteiger partial charge in [-0.15, -0.1) is 0 Å². The van der Waals surface area contributed by atoms with Crippen LogP contribution in [0.25, 0.3) is 0 Å². The van der Waals surface area contributed by atoms with Crippen LogP contribution in [0.15, 0.2) is 42.5 Å². The van der Waals surface area contributed by atoms with E-state index in [0.717, 1.165) is 19.4 Å². The Bertz CT molecular complexity index is 639. The molecule has 21 heavy (non-hydrogen) atoms. The highest BCUT2D eigenvalue weighted by Gasteiger charge is 2.32. The van der Waals surface area contributed by atoms with Crippen LogP contribution >= 0.6 is 0 Å². The first-order valence-electron chi connectivity index (χ1n) is 7.47. The van der Waals surface area contributed by atoms with Gasteiger partial charge >= 0.3 is 0 Å². The van der Waals surface area contributed by atoms with Crippen LogP contribution in [0, 0.1) is 11.6 Å². The van der Waals surface area contributed by atoms with Gasteiger partial charge in [0.2, 0.25) is 0 Å². The molecule has 110 valence electrons. The molecule has 2 aromatic carbocycles. The standard InChI is InChI=1S/C18H19F2N/c1-2-21-18(15-8-5-9-16(19)17(15)20)14-11-10-12-6-3-4-7-13(12)14/h3-9,14,18,21H,2,10-11H2,1H3. The normalized spacial score (nSPS) is 18.5. The summed E-state index contributed by atoms with van der Waals surface area (Å²) in [7, 11) is 0. The van der Waals surface area contributed by atoms with Gasteiger partial charge in [-0.1, -0.05) is 43.3 Å². The van der Waals surface area contributed by atoms with Crippen LogP contribution in [0.3, 0.4) is 0 Å². The first-order valence-corrected chi connectivity index (χ1v) is 7.47. The monoisotopic (exact) mass is 287 g/mol. The number of benzene rings is 2. The minimum Gasteiger partial charge on any atom is -0.310 e. The Morgan fingerprint density at radius 3 is 2.76 bits per heavy atom. The van der Waals surface area contributed by atoms with Crippen molar-refractivity contribution < 1.29 is 8.78 Å². The molecule has 0 spiro atoms. The predicted molar refractivity (Wildman–Crippen MR) is 80.3 cm³/mol. The second-order valence-corrected chi connectivity index (χ2v) is 5.52. The molecule has 0 bridgehead atoms. The first-order chi connectivity index (χ1) is 10.2. The molecule has 0 aliphatic heterocycles. The lowest BCUT2D eigenvalue weighted by atomic mass is 9.88. The lowest BCUT2D eigenvalue weighted by Gasteiger charge is -2.26. The van der Waals surface area contributed by atoms with Crippen molar-refractivity contribution in [2.75, 3.05) is 6.54 Å². The third-order valence-corrected chi connectivity index (χ3v) is 4.32. The van der Waals surface area contributed by atoms with Crippen molar-refractivity contribution >= 4 is 0 Å². The Labute approximate surface area is 124 Å². The number of nitrogens with one attached hydrogen (secondary N) is 1. The summed E-state index contributed by atoms with van der Waals surface area (Å²) < 4.78 is 27.7. The molecule has 0 heterocycles. The molecule has 0 fully saturated rings. The molecule has 1 nitrogen and oxygen atoms in total. The fourth-order valence-electron chi connectivity index (χ4n) is 3.39. The van der Waals surface area contributed by atoms with Gasteiger partial charge in [-0.3, -0.25) is 0 Å². The van der Waals surface area contributed by atoms with Crippen molar-refractivity contribution in [1.29, 1.82) is 0 Å². The summed E-state index contributed by atoms with van der Waals surface area (Å²) >= 11 is 0. The molecule has 2 atom stereocenters. The minimum atomic E-state index is -0.776. The summed E-state index contributed by atoms with van der Waals surface area (Å²) in [5, 5.41) is 3.34. The van der Waals surface area contributed by atoms with Crippen LogP contribution in [-0.2, 0) is 6.42 Å². The lowest BCUT2D eigenvalue weighted by molar-refractivity contribution is 0.418. The van der Waals surface area contributed by atoms with E-state index in [2.05, 4.69) is 17.4 Å². The molecular weight excluding hydrogens is 268 g/mol. The van der Waals surface area contributed by atoms with E-state index < -0.39 is 11.6 Å². The van der Waals surface area contributed by atoms with Gasteiger partial charge in [-0.25, -0.2) is 8.78 Å². The molecule has 1 aliphatic rings. The molecule has 0 aromatic heterocycles. The number of rotatable bonds is 4. The highest BCUT2D eigenvalue weighted by molar-refractivity contribution is 5.38. The summed E-state index contributed by atoms with van der Waals surface area (Å²) in [6, 6.07) is 12.5. The van der Waals surface area contributed by atoms with Gasteiger partial charge in [0.05, 0.1) is 0 Å². The maximum absolute atomic E-state index is 14.2. The van der Waals surface area contributed by atoms with Crippen molar-refractivity contribution in [2.45, 2.75) is 31.7 Å². The summed E-state index contributed by atoms with van der Waals surface area (Å²) in [6.45, 7) is 2.71. The van der Waals surface area contributed by atoms with Gasteiger partial charge < -0.3 is 5.32 Å². The third-order valence-electron chi connectivity index (χ3n) is 4.32. The highest BCUT2D eigenvalue weighted by Crippen LogP contribution is 2.42. The van der Waals surface area contributed by atoms with E-state index in [9.17, 15) is 8.78 Å². The average Bonchev–Trinajstić information content (AvgIpc) is 2.92. The SMILES string of the molecule is CCNC(c1cccc(F)c1F)C1CCc2ccccc21. The molecule has 3 rings (SSSR count). The largest absolute Gasteiger partial charge is 0.310 e. The third kappa shape index (κ3) is 2.58. The second kappa shape index (κ2) is 5.94. The summed E-state index contributed by atoms with van der Waals surface area (Å²) in [5.74, 6) is -1.31. The molecule has 0 amide bonds. The molecule has 0 saturated heterocycles. The summed E-state index contributed by atoms with van der Waals surface area (Å²) in [6.07, 6.45) is 1.96. The molecule has 0 saturated carbocycles. The van der Waals surface area contributed by atoms with Crippen molar-refractivity contribution in [1.82, 2.24) is 5.32 Å². The topological polar surface area (TPSA) is 12.0 Å². The smallest absolute Gasteiger partial charge is 0.163 e. The van der Waals surface area contributed by atoms with Crippen LogP contribution < -0.4 is 5.32 Å². The second-order valence-electron chi connectivity index (χ2n) is 5.52. The Balaban J connectivity index is 2.02. The van der Waals surface area contributed by atoms with Gasteiger partial charge in [-0.2, -0.15) is 0 Å². The van der Waals surface area contributed by atoms with Gasteiger partial charge in [0, 0.05) is 17.5 Å². The lowest BCUT2D eigenvalue weighted by Crippen LogP contribution is -2.27. The molecule has 2 aromatic rings. The van der Waals surface area contributed by atoms with Crippen LogP contribution in [-0.4, -0.2) is 6.54 Å². The molecule has 1 aliphatic carbocycles. The van der Waals surface area contributed by atoms with Gasteiger partial charge in [0.25, 0.3) is 0 Å². The zero-order chi connectivity index (χ0) is 14.8. The zero-order valence-electron chi connectivity index (χ0n) is 12.1. The van der Waals surface area contributed by atoms with Crippen molar-refractivity contribution in [3.05, 3.63) is 70.8 Å². The number of hydrogen-bond acceptors (Lipinski definition) is 1. The number of fused-ring (bicyclic) bond motifs is 1. The molecule has 2 unspecified atom stereocenters. The van der Waals surface area contributed by atoms with E-state index in [1.165, 1.54) is 17.2 Å². The zero-order valence-corrected chi connectivity index (χ0v) is 12.1. The van der Waals surface area contributed by atoms with E-state index in [0.29, 0.717) is 5.56 Å². The maximum atomic E-state index is 14.2. The van der Waals surface area contributed by atoms with Crippen molar-refractivity contribution in [3.8, 4) is 0 Å². The number of halogens is 2. The predicted octanol–water partition coefficient (Wildman–Crippen LogP) is 4.35. The van der Waals surface area contributed by atoms with E-state index in [-0.39, 0.29) is 12.0 Å². The van der Waals surface area contributed by atoms with Crippen LogP contribution in [0.5, 0.6) is 0 Å². The molecule has 1 N–H and O–H groups in total. The van der Waals surface area contributed by atoms with E-state index in [1.807, 2.05) is 19.1 Å². The Morgan fingerprint density at radius 2 is 1.95 bits per heavy atom. The Hall–Kier alpha value is -1.74. The quantitative estimate of drug-likeness (QED) is 0.881. The summed E-state index contributed by atoms with van der Waals surface area (Å²) in [5.41, 5.74) is 3.01. The van der Waals surface area contributed by atoms with Crippen molar-refractivity contribution in [3.63, 3.8) is 0 Å². The van der Waals surface area contributed by atoms with Gasteiger partial charge in [0.1, 0.15) is 0 Å². The average molecular weight is 287 g/mol. The number of hydrogen-bond donors (Lipinski definition) is 1. The van der Waals surface area contributed by atoms with Gasteiger partial charge in [-0.05, 0) is 36.6 Å². The fraction of sp³-hybridized carbons (Fsp3) is 0.333. The van der Waals surface area contributed by atoms with Gasteiger partial charge in [0.15, 0.2) is 11.6 Å². The van der Waals surface area contributed by atoms with E-state index in [4.69, 9.17) is 0 Å². The Kier molecular flexibility index (Phi) is 4.02. The fourth-order valence-corrected chi connectivity index (χ4v) is 3.39. The van der Waals surface area contributed by atoms with Crippen LogP contribution in [0.1, 0.15) is 42.0 Å². The molecular formula is C18H19F2N. The van der Waals surface area contributed by atoms with E-state index in [1.54, 1.807) is 12.1 Å². The molecule has 3 heteroatoms. The van der Waals surface area contributed by atoms with Crippen molar-refractivity contribution in [2.24, 2.45) is 0 Å². The van der Waals surface area contributed by atoms with Crippen LogP contribution in [0.2, 0.25) is 0 Å². The summed E-state index contributed by atoms with van der Waals surface area (Å²) in [4.78, 5) is 0. The number of likely N-dealkylation sites (N-methyl/N-ethyl adjacent to an activating group) is 1. The minimum absolute atomic E-state index is 0.186. The number of aryl methyl sites for hydroxylation is 1. The molecule has 0 radical (unpaired) electrons. The van der Waals surface area contributed by atoms with E-state index >= 15 is 0 Å². The highest BCUT2D eigenvalue weighted by atomic mass is 19.2. The Morgan fingerprint density at radius 1 is 1.14 bits per heavy atom. The van der Waals surface area contributed by atoms with Crippen LogP contribution in [0.4, 0.5) is 8.78 Å². The maximum Gasteiger partial charge on any atom is 0.163 e.